The Bertz CT molecular complexity index is 1040. The minimum Gasteiger partial charge on any atom is -0.351 e. The Morgan fingerprint density at radius 2 is 1.69 bits per heavy atom. The summed E-state index contributed by atoms with van der Waals surface area (Å²) in [5.41, 5.74) is 1.56. The van der Waals surface area contributed by atoms with Crippen molar-refractivity contribution in [3.63, 3.8) is 0 Å². The average Bonchev–Trinajstić information content (AvgIpc) is 2.74. The van der Waals surface area contributed by atoms with Crippen LogP contribution in [0.3, 0.4) is 0 Å². The SMILES string of the molecule is O=C(CN(Cc1ccc(Cl)cc1)S(=O)(=O)c1ccccc1)NCc1cccnc1. The summed E-state index contributed by atoms with van der Waals surface area (Å²) in [5, 5.41) is 3.30. The average molecular weight is 430 g/mol. The molecular weight excluding hydrogens is 410 g/mol. The third-order valence-electron chi connectivity index (χ3n) is 4.19. The van der Waals surface area contributed by atoms with Gasteiger partial charge in [0, 0.05) is 30.5 Å². The highest BCUT2D eigenvalue weighted by Crippen LogP contribution is 2.19. The summed E-state index contributed by atoms with van der Waals surface area (Å²) in [5.74, 6) is -0.401. The second-order valence-corrected chi connectivity index (χ2v) is 8.72. The molecule has 8 heteroatoms. The van der Waals surface area contributed by atoms with Crippen LogP contribution in [0.4, 0.5) is 0 Å². The van der Waals surface area contributed by atoms with E-state index in [4.69, 9.17) is 11.6 Å². The van der Waals surface area contributed by atoms with Crippen molar-refractivity contribution in [2.75, 3.05) is 6.54 Å². The first-order chi connectivity index (χ1) is 13.9. The van der Waals surface area contributed by atoms with Crippen LogP contribution >= 0.6 is 11.6 Å². The minimum absolute atomic E-state index is 0.0503. The lowest BCUT2D eigenvalue weighted by Crippen LogP contribution is -2.40. The lowest BCUT2D eigenvalue weighted by Gasteiger charge is -2.22. The summed E-state index contributed by atoms with van der Waals surface area (Å²) in [6, 6.07) is 18.5. The molecule has 2 aromatic carbocycles. The quantitative estimate of drug-likeness (QED) is 0.596. The molecule has 3 aromatic rings. The summed E-state index contributed by atoms with van der Waals surface area (Å²) < 4.78 is 27.4. The Morgan fingerprint density at radius 1 is 0.966 bits per heavy atom. The van der Waals surface area contributed by atoms with Gasteiger partial charge in [-0.3, -0.25) is 9.78 Å². The third kappa shape index (κ3) is 5.87. The number of pyridine rings is 1. The number of benzene rings is 2. The molecule has 0 aliphatic rings. The molecular formula is C21H20ClN3O3S. The predicted octanol–water partition coefficient (Wildman–Crippen LogP) is 3.24. The predicted molar refractivity (Wildman–Crippen MR) is 112 cm³/mol. The van der Waals surface area contributed by atoms with E-state index in [1.807, 2.05) is 6.07 Å². The number of aromatic nitrogens is 1. The smallest absolute Gasteiger partial charge is 0.243 e. The first kappa shape index (κ1) is 21.0. The maximum atomic E-state index is 13.1. The molecule has 0 aliphatic heterocycles. The van der Waals surface area contributed by atoms with Crippen LogP contribution in [0.2, 0.25) is 5.02 Å². The number of halogens is 1. The van der Waals surface area contributed by atoms with Gasteiger partial charge in [0.2, 0.25) is 15.9 Å². The topological polar surface area (TPSA) is 79.4 Å². The van der Waals surface area contributed by atoms with Gasteiger partial charge in [-0.05, 0) is 41.5 Å². The number of amides is 1. The molecule has 29 heavy (non-hydrogen) atoms. The molecule has 0 saturated carbocycles. The number of carbonyl (C=O) groups excluding carboxylic acids is 1. The molecule has 150 valence electrons. The van der Waals surface area contributed by atoms with E-state index in [0.717, 1.165) is 15.4 Å². The van der Waals surface area contributed by atoms with Gasteiger partial charge in [-0.25, -0.2) is 8.42 Å². The Kier molecular flexibility index (Phi) is 6.98. The van der Waals surface area contributed by atoms with Crippen molar-refractivity contribution in [2.45, 2.75) is 18.0 Å². The normalized spacial score (nSPS) is 11.4. The number of sulfonamides is 1. The molecule has 1 aromatic heterocycles. The van der Waals surface area contributed by atoms with Gasteiger partial charge in [0.05, 0.1) is 11.4 Å². The number of nitrogens with one attached hydrogen (secondary N) is 1. The molecule has 0 spiro atoms. The zero-order valence-corrected chi connectivity index (χ0v) is 17.1. The number of rotatable bonds is 8. The Morgan fingerprint density at radius 3 is 2.34 bits per heavy atom. The van der Waals surface area contributed by atoms with Gasteiger partial charge >= 0.3 is 0 Å². The van der Waals surface area contributed by atoms with Gasteiger partial charge in [-0.1, -0.05) is 48.0 Å². The van der Waals surface area contributed by atoms with Crippen molar-refractivity contribution in [2.24, 2.45) is 0 Å². The van der Waals surface area contributed by atoms with Crippen LogP contribution in [-0.4, -0.2) is 30.2 Å². The van der Waals surface area contributed by atoms with Crippen LogP contribution in [0.5, 0.6) is 0 Å². The number of hydrogen-bond acceptors (Lipinski definition) is 4. The van der Waals surface area contributed by atoms with E-state index < -0.39 is 15.9 Å². The van der Waals surface area contributed by atoms with Gasteiger partial charge in [0.15, 0.2) is 0 Å². The molecule has 0 bridgehead atoms. The zero-order chi connectivity index (χ0) is 20.7. The largest absolute Gasteiger partial charge is 0.351 e. The fourth-order valence-electron chi connectivity index (χ4n) is 2.68. The first-order valence-corrected chi connectivity index (χ1v) is 10.7. The first-order valence-electron chi connectivity index (χ1n) is 8.90. The van der Waals surface area contributed by atoms with Gasteiger partial charge in [0.1, 0.15) is 0 Å². The van der Waals surface area contributed by atoms with Gasteiger partial charge in [-0.2, -0.15) is 4.31 Å². The van der Waals surface area contributed by atoms with Crippen LogP contribution < -0.4 is 5.32 Å². The lowest BCUT2D eigenvalue weighted by atomic mass is 10.2. The third-order valence-corrected chi connectivity index (χ3v) is 6.24. The van der Waals surface area contributed by atoms with Crippen LogP contribution in [0.15, 0.2) is 84.0 Å². The summed E-state index contributed by atoms with van der Waals surface area (Å²) in [4.78, 5) is 16.6. The fourth-order valence-corrected chi connectivity index (χ4v) is 4.21. The fraction of sp³-hybridized carbons (Fsp3) is 0.143. The summed E-state index contributed by atoms with van der Waals surface area (Å²) >= 11 is 5.92. The molecule has 0 unspecified atom stereocenters. The monoisotopic (exact) mass is 429 g/mol. The van der Waals surface area contributed by atoms with Crippen molar-refractivity contribution in [1.82, 2.24) is 14.6 Å². The lowest BCUT2D eigenvalue weighted by molar-refractivity contribution is -0.121. The van der Waals surface area contributed by atoms with Crippen LogP contribution in [0, 0.1) is 0 Å². The van der Waals surface area contributed by atoms with Crippen molar-refractivity contribution in [3.8, 4) is 0 Å². The maximum Gasteiger partial charge on any atom is 0.243 e. The van der Waals surface area contributed by atoms with E-state index in [9.17, 15) is 13.2 Å². The molecule has 0 fully saturated rings. The van der Waals surface area contributed by atoms with Crippen LogP contribution in [0.25, 0.3) is 0 Å². The second-order valence-electron chi connectivity index (χ2n) is 6.35. The molecule has 1 N–H and O–H groups in total. The highest BCUT2D eigenvalue weighted by molar-refractivity contribution is 7.89. The highest BCUT2D eigenvalue weighted by Gasteiger charge is 2.26. The van der Waals surface area contributed by atoms with E-state index in [2.05, 4.69) is 10.3 Å². The second kappa shape index (κ2) is 9.65. The van der Waals surface area contributed by atoms with Crippen LogP contribution in [0.1, 0.15) is 11.1 Å². The van der Waals surface area contributed by atoms with Gasteiger partial charge < -0.3 is 5.32 Å². The minimum atomic E-state index is -3.86. The number of hydrogen-bond donors (Lipinski definition) is 1. The molecule has 0 radical (unpaired) electrons. The summed E-state index contributed by atoms with van der Waals surface area (Å²) in [6.45, 7) is 0.0155. The highest BCUT2D eigenvalue weighted by atomic mass is 35.5. The van der Waals surface area contributed by atoms with Crippen molar-refractivity contribution in [3.05, 3.63) is 95.3 Å². The van der Waals surface area contributed by atoms with Gasteiger partial charge in [0.25, 0.3) is 0 Å². The summed E-state index contributed by atoms with van der Waals surface area (Å²) in [7, 11) is -3.86. The Balaban J connectivity index is 1.78. The summed E-state index contributed by atoms with van der Waals surface area (Å²) in [6.07, 6.45) is 3.29. The number of carbonyl (C=O) groups is 1. The standard InChI is InChI=1S/C21H20ClN3O3S/c22-19-10-8-17(9-11-19)15-25(29(27,28)20-6-2-1-3-7-20)16-21(26)24-14-18-5-4-12-23-13-18/h1-13H,14-16H2,(H,24,26). The maximum absolute atomic E-state index is 13.1. The van der Waals surface area contributed by atoms with E-state index >= 15 is 0 Å². The Hall–Kier alpha value is -2.74. The molecule has 3 rings (SSSR count). The van der Waals surface area contributed by atoms with Crippen LogP contribution in [-0.2, 0) is 27.9 Å². The van der Waals surface area contributed by atoms with Gasteiger partial charge in [-0.15, -0.1) is 0 Å². The molecule has 1 amide bonds. The van der Waals surface area contributed by atoms with E-state index in [-0.39, 0.29) is 24.5 Å². The van der Waals surface area contributed by atoms with Crippen molar-refractivity contribution in [1.29, 1.82) is 0 Å². The molecule has 0 saturated heterocycles. The number of nitrogens with zero attached hydrogens (tertiary/aromatic N) is 2. The van der Waals surface area contributed by atoms with Crippen molar-refractivity contribution < 1.29 is 13.2 Å². The van der Waals surface area contributed by atoms with E-state index in [1.54, 1.807) is 60.9 Å². The Labute approximate surface area is 175 Å². The molecule has 0 aliphatic carbocycles. The molecule has 1 heterocycles. The van der Waals surface area contributed by atoms with E-state index in [0.29, 0.717) is 5.02 Å². The van der Waals surface area contributed by atoms with Crippen molar-refractivity contribution >= 4 is 27.5 Å². The zero-order valence-electron chi connectivity index (χ0n) is 15.5. The molecule has 0 atom stereocenters. The molecule has 6 nitrogen and oxygen atoms in total. The van der Waals surface area contributed by atoms with E-state index in [1.165, 1.54) is 12.1 Å².